The summed E-state index contributed by atoms with van der Waals surface area (Å²) in [6.07, 6.45) is 0.389. The Bertz CT molecular complexity index is 419. The number of rotatable bonds is 1. The second kappa shape index (κ2) is 4.55. The van der Waals surface area contributed by atoms with Gasteiger partial charge in [0.25, 0.3) is 0 Å². The molecule has 0 spiro atoms. The molecule has 3 nitrogen and oxygen atoms in total. The Kier molecular flexibility index (Phi) is 3.30. The van der Waals surface area contributed by atoms with E-state index in [1.54, 1.807) is 4.90 Å². The van der Waals surface area contributed by atoms with Crippen molar-refractivity contribution in [2.45, 2.75) is 25.9 Å². The van der Waals surface area contributed by atoms with Crippen LogP contribution in [-0.4, -0.2) is 23.7 Å². The number of aryl methyl sites for hydroxylation is 1. The minimum atomic E-state index is -0.479. The number of aliphatic hydroxyl groups is 1. The first-order chi connectivity index (χ1) is 7.58. The predicted octanol–water partition coefficient (Wildman–Crippen LogP) is 2.25. The lowest BCUT2D eigenvalue weighted by Gasteiger charge is -2.30. The van der Waals surface area contributed by atoms with E-state index < -0.39 is 6.10 Å². The first kappa shape index (κ1) is 11.6. The normalized spacial score (nSPS) is 21.3. The van der Waals surface area contributed by atoms with Crippen LogP contribution in [0.2, 0.25) is 0 Å². The van der Waals surface area contributed by atoms with Gasteiger partial charge in [-0.1, -0.05) is 6.07 Å². The van der Waals surface area contributed by atoms with Gasteiger partial charge in [0.2, 0.25) is 5.91 Å². The van der Waals surface area contributed by atoms with E-state index >= 15 is 0 Å². The van der Waals surface area contributed by atoms with E-state index in [2.05, 4.69) is 15.9 Å². The Labute approximate surface area is 103 Å². The zero-order chi connectivity index (χ0) is 11.7. The maximum Gasteiger partial charge on any atom is 0.229 e. The van der Waals surface area contributed by atoms with Crippen molar-refractivity contribution in [3.8, 4) is 0 Å². The highest BCUT2D eigenvalue weighted by atomic mass is 79.9. The fourth-order valence-corrected chi connectivity index (χ4v) is 2.61. The summed E-state index contributed by atoms with van der Waals surface area (Å²) in [7, 11) is 0. The minimum Gasteiger partial charge on any atom is -0.393 e. The van der Waals surface area contributed by atoms with Crippen LogP contribution in [0.5, 0.6) is 0 Å². The average Bonchev–Trinajstić information content (AvgIpc) is 2.19. The quantitative estimate of drug-likeness (QED) is 0.859. The van der Waals surface area contributed by atoms with Crippen LogP contribution in [0.4, 0.5) is 5.69 Å². The van der Waals surface area contributed by atoms with E-state index in [0.717, 1.165) is 15.7 Å². The van der Waals surface area contributed by atoms with Gasteiger partial charge in [0.05, 0.1) is 18.2 Å². The van der Waals surface area contributed by atoms with Gasteiger partial charge in [0.1, 0.15) is 0 Å². The van der Waals surface area contributed by atoms with Gasteiger partial charge in [-0.25, -0.2) is 0 Å². The molecule has 1 unspecified atom stereocenters. The number of carbonyl (C=O) groups is 1. The summed E-state index contributed by atoms with van der Waals surface area (Å²) in [5.74, 6) is -0.0108. The summed E-state index contributed by atoms with van der Waals surface area (Å²) in [4.78, 5) is 13.5. The van der Waals surface area contributed by atoms with Crippen molar-refractivity contribution in [3.05, 3.63) is 28.2 Å². The highest BCUT2D eigenvalue weighted by Gasteiger charge is 2.26. The van der Waals surface area contributed by atoms with Crippen LogP contribution in [0.25, 0.3) is 0 Å². The summed E-state index contributed by atoms with van der Waals surface area (Å²) >= 11 is 3.47. The SMILES string of the molecule is Cc1ccc(N2CCC(O)CC2=O)c(Br)c1. The van der Waals surface area contributed by atoms with E-state index in [1.807, 2.05) is 25.1 Å². The Morgan fingerprint density at radius 2 is 2.25 bits per heavy atom. The average molecular weight is 284 g/mol. The number of hydrogen-bond acceptors (Lipinski definition) is 2. The number of anilines is 1. The fraction of sp³-hybridized carbons (Fsp3) is 0.417. The van der Waals surface area contributed by atoms with E-state index in [0.29, 0.717) is 13.0 Å². The van der Waals surface area contributed by atoms with Gasteiger partial charge >= 0.3 is 0 Å². The second-order valence-electron chi connectivity index (χ2n) is 4.15. The Hall–Kier alpha value is -0.870. The lowest BCUT2D eigenvalue weighted by atomic mass is 10.1. The molecular formula is C12H14BrNO2. The van der Waals surface area contributed by atoms with Crippen molar-refractivity contribution >= 4 is 27.5 Å². The summed E-state index contributed by atoms with van der Waals surface area (Å²) in [5.41, 5.74) is 2.04. The van der Waals surface area contributed by atoms with E-state index in [9.17, 15) is 9.90 Å². The number of carbonyl (C=O) groups excluding carboxylic acids is 1. The molecule has 1 saturated heterocycles. The van der Waals surface area contributed by atoms with Crippen LogP contribution in [0.15, 0.2) is 22.7 Å². The molecule has 1 aliphatic rings. The van der Waals surface area contributed by atoms with Crippen molar-refractivity contribution in [1.29, 1.82) is 0 Å². The number of amides is 1. The third-order valence-corrected chi connectivity index (χ3v) is 3.43. The Morgan fingerprint density at radius 3 is 2.88 bits per heavy atom. The molecule has 86 valence electrons. The molecule has 0 aromatic heterocycles. The van der Waals surface area contributed by atoms with Crippen molar-refractivity contribution in [2.75, 3.05) is 11.4 Å². The molecule has 1 N–H and O–H groups in total. The van der Waals surface area contributed by atoms with Gasteiger partial charge in [-0.15, -0.1) is 0 Å². The van der Waals surface area contributed by atoms with Crippen LogP contribution >= 0.6 is 15.9 Å². The number of nitrogens with zero attached hydrogens (tertiary/aromatic N) is 1. The molecule has 1 heterocycles. The van der Waals surface area contributed by atoms with Crippen LogP contribution in [0, 0.1) is 6.92 Å². The number of aliphatic hydroxyl groups excluding tert-OH is 1. The first-order valence-corrected chi connectivity index (χ1v) is 6.12. The third-order valence-electron chi connectivity index (χ3n) is 2.79. The molecule has 1 fully saturated rings. The van der Waals surface area contributed by atoms with Gasteiger partial charge in [-0.3, -0.25) is 4.79 Å². The monoisotopic (exact) mass is 283 g/mol. The van der Waals surface area contributed by atoms with Gasteiger partial charge in [-0.05, 0) is 47.0 Å². The van der Waals surface area contributed by atoms with Crippen LogP contribution in [-0.2, 0) is 4.79 Å². The Balaban J connectivity index is 2.27. The summed E-state index contributed by atoms with van der Waals surface area (Å²) < 4.78 is 0.928. The number of benzene rings is 1. The highest BCUT2D eigenvalue weighted by Crippen LogP contribution is 2.29. The fourth-order valence-electron chi connectivity index (χ4n) is 1.90. The molecule has 4 heteroatoms. The zero-order valence-electron chi connectivity index (χ0n) is 9.11. The number of halogens is 1. The molecule has 0 aliphatic carbocycles. The molecule has 0 radical (unpaired) electrons. The van der Waals surface area contributed by atoms with Gasteiger partial charge in [0, 0.05) is 11.0 Å². The molecule has 1 aromatic carbocycles. The maximum atomic E-state index is 11.8. The smallest absolute Gasteiger partial charge is 0.229 e. The molecule has 1 amide bonds. The maximum absolute atomic E-state index is 11.8. The lowest BCUT2D eigenvalue weighted by Crippen LogP contribution is -2.40. The summed E-state index contributed by atoms with van der Waals surface area (Å²) in [5, 5.41) is 9.40. The van der Waals surface area contributed by atoms with Crippen LogP contribution < -0.4 is 4.90 Å². The van der Waals surface area contributed by atoms with Crippen LogP contribution in [0.3, 0.4) is 0 Å². The minimum absolute atomic E-state index is 0.0108. The third kappa shape index (κ3) is 2.28. The van der Waals surface area contributed by atoms with Gasteiger partial charge in [-0.2, -0.15) is 0 Å². The topological polar surface area (TPSA) is 40.5 Å². The molecule has 0 saturated carbocycles. The first-order valence-electron chi connectivity index (χ1n) is 5.32. The molecule has 0 bridgehead atoms. The van der Waals surface area contributed by atoms with E-state index in [-0.39, 0.29) is 12.3 Å². The molecule has 1 aliphatic heterocycles. The van der Waals surface area contributed by atoms with Crippen molar-refractivity contribution in [3.63, 3.8) is 0 Å². The summed E-state index contributed by atoms with van der Waals surface area (Å²) in [6.45, 7) is 2.60. The van der Waals surface area contributed by atoms with Gasteiger partial charge < -0.3 is 10.0 Å². The largest absolute Gasteiger partial charge is 0.393 e. The van der Waals surface area contributed by atoms with Crippen molar-refractivity contribution < 1.29 is 9.90 Å². The van der Waals surface area contributed by atoms with Crippen LogP contribution in [0.1, 0.15) is 18.4 Å². The van der Waals surface area contributed by atoms with Crippen molar-refractivity contribution in [1.82, 2.24) is 0 Å². The Morgan fingerprint density at radius 1 is 1.50 bits per heavy atom. The predicted molar refractivity (Wildman–Crippen MR) is 66.5 cm³/mol. The molecule has 1 aromatic rings. The molecule has 1 atom stereocenters. The van der Waals surface area contributed by atoms with E-state index in [4.69, 9.17) is 0 Å². The van der Waals surface area contributed by atoms with E-state index in [1.165, 1.54) is 0 Å². The highest BCUT2D eigenvalue weighted by molar-refractivity contribution is 9.10. The second-order valence-corrected chi connectivity index (χ2v) is 5.00. The lowest BCUT2D eigenvalue weighted by molar-refractivity contribution is -0.122. The molecule has 2 rings (SSSR count). The van der Waals surface area contributed by atoms with Gasteiger partial charge in [0.15, 0.2) is 0 Å². The number of piperidine rings is 1. The summed E-state index contributed by atoms with van der Waals surface area (Å²) in [6, 6.07) is 5.92. The zero-order valence-corrected chi connectivity index (χ0v) is 10.7. The molecule has 16 heavy (non-hydrogen) atoms. The standard InChI is InChI=1S/C12H14BrNO2/c1-8-2-3-11(10(13)6-8)14-5-4-9(15)7-12(14)16/h2-3,6,9,15H,4-5,7H2,1H3. The van der Waals surface area contributed by atoms with Crippen molar-refractivity contribution in [2.24, 2.45) is 0 Å². The number of hydrogen-bond donors (Lipinski definition) is 1. The molecular weight excluding hydrogens is 270 g/mol.